The number of alkyl halides is 1. The number of aromatic nitrogens is 1. The molecule has 17 heavy (non-hydrogen) atoms. The third-order valence-corrected chi connectivity index (χ3v) is 4.35. The lowest BCUT2D eigenvalue weighted by atomic mass is 9.80. The summed E-state index contributed by atoms with van der Waals surface area (Å²) in [7, 11) is 0. The fraction of sp³-hybridized carbons (Fsp3) is 0.643. The number of hydrogen-bond acceptors (Lipinski definition) is 2. The monoisotopic (exact) mass is 296 g/mol. The minimum atomic E-state index is 0.407. The van der Waals surface area contributed by atoms with E-state index in [1.807, 2.05) is 6.20 Å². The molecule has 2 rings (SSSR count). The van der Waals surface area contributed by atoms with Gasteiger partial charge in [0.25, 0.3) is 0 Å². The van der Waals surface area contributed by atoms with E-state index in [0.29, 0.717) is 5.41 Å². The Hall–Kier alpha value is -0.570. The van der Waals surface area contributed by atoms with Gasteiger partial charge in [-0.1, -0.05) is 42.8 Å². The van der Waals surface area contributed by atoms with Crippen LogP contribution in [0.2, 0.25) is 0 Å². The Labute approximate surface area is 113 Å². The topological polar surface area (TPSA) is 16.1 Å². The third-order valence-electron chi connectivity index (χ3n) is 3.70. The summed E-state index contributed by atoms with van der Waals surface area (Å²) in [5.74, 6) is 1.90. The van der Waals surface area contributed by atoms with Gasteiger partial charge in [-0.3, -0.25) is 0 Å². The fourth-order valence-electron chi connectivity index (χ4n) is 2.36. The third kappa shape index (κ3) is 3.01. The minimum absolute atomic E-state index is 0.407. The summed E-state index contributed by atoms with van der Waals surface area (Å²) in [6, 6.07) is 4.29. The van der Waals surface area contributed by atoms with Crippen LogP contribution in [0, 0.1) is 11.3 Å². The molecule has 1 aromatic rings. The van der Waals surface area contributed by atoms with Gasteiger partial charge in [0.05, 0.1) is 0 Å². The first kappa shape index (κ1) is 12.9. The Morgan fingerprint density at radius 2 is 2.18 bits per heavy atom. The minimum Gasteiger partial charge on any atom is -0.356 e. The Morgan fingerprint density at radius 3 is 2.65 bits per heavy atom. The molecule has 1 atom stereocenters. The maximum Gasteiger partial charge on any atom is 0.128 e. The maximum atomic E-state index is 4.54. The number of anilines is 1. The van der Waals surface area contributed by atoms with Crippen molar-refractivity contribution in [2.45, 2.75) is 32.5 Å². The summed E-state index contributed by atoms with van der Waals surface area (Å²) in [4.78, 5) is 6.95. The summed E-state index contributed by atoms with van der Waals surface area (Å²) in [5.41, 5.74) is 1.64. The van der Waals surface area contributed by atoms with E-state index in [4.69, 9.17) is 0 Å². The smallest absolute Gasteiger partial charge is 0.128 e. The van der Waals surface area contributed by atoms with Crippen molar-refractivity contribution in [3.05, 3.63) is 23.9 Å². The van der Waals surface area contributed by atoms with Gasteiger partial charge in [-0.2, -0.15) is 0 Å². The predicted molar refractivity (Wildman–Crippen MR) is 76.6 cm³/mol. The van der Waals surface area contributed by atoms with E-state index in [2.05, 4.69) is 58.7 Å². The second kappa shape index (κ2) is 4.97. The summed E-state index contributed by atoms with van der Waals surface area (Å²) in [6.45, 7) is 9.29. The summed E-state index contributed by atoms with van der Waals surface area (Å²) >= 11 is 3.45. The molecule has 1 aliphatic heterocycles. The Balaban J connectivity index is 2.05. The lowest BCUT2D eigenvalue weighted by molar-refractivity contribution is 0.263. The standard InChI is InChI=1S/C14H21BrN2/c1-14(2,3)12-6-7-17(10-12)13-5-4-11(8-15)9-16-13/h4-5,9,12H,6-8,10H2,1-3H3. The largest absolute Gasteiger partial charge is 0.356 e. The van der Waals surface area contributed by atoms with E-state index in [1.54, 1.807) is 0 Å². The number of pyridine rings is 1. The second-order valence-electron chi connectivity index (χ2n) is 5.96. The highest BCUT2D eigenvalue weighted by Gasteiger charge is 2.32. The van der Waals surface area contributed by atoms with Gasteiger partial charge in [0.2, 0.25) is 0 Å². The van der Waals surface area contributed by atoms with Crippen LogP contribution in [0.15, 0.2) is 18.3 Å². The van der Waals surface area contributed by atoms with Crippen LogP contribution in [-0.2, 0) is 5.33 Å². The van der Waals surface area contributed by atoms with Crippen LogP contribution in [0.25, 0.3) is 0 Å². The molecule has 2 nitrogen and oxygen atoms in total. The quantitative estimate of drug-likeness (QED) is 0.771. The summed E-state index contributed by atoms with van der Waals surface area (Å²) in [5, 5.41) is 0.880. The van der Waals surface area contributed by atoms with E-state index in [0.717, 1.165) is 30.2 Å². The van der Waals surface area contributed by atoms with E-state index < -0.39 is 0 Å². The Morgan fingerprint density at radius 1 is 1.41 bits per heavy atom. The molecule has 0 saturated carbocycles. The molecule has 0 amide bonds. The maximum absolute atomic E-state index is 4.54. The summed E-state index contributed by atoms with van der Waals surface area (Å²) < 4.78 is 0. The van der Waals surface area contributed by atoms with Crippen molar-refractivity contribution < 1.29 is 0 Å². The molecule has 1 unspecified atom stereocenters. The second-order valence-corrected chi connectivity index (χ2v) is 6.52. The van der Waals surface area contributed by atoms with Crippen molar-refractivity contribution in [3.63, 3.8) is 0 Å². The van der Waals surface area contributed by atoms with Crippen molar-refractivity contribution >= 4 is 21.7 Å². The fourth-order valence-corrected chi connectivity index (χ4v) is 2.69. The molecule has 94 valence electrons. The first-order valence-corrected chi connectivity index (χ1v) is 7.38. The normalized spacial score (nSPS) is 20.9. The van der Waals surface area contributed by atoms with E-state index in [-0.39, 0.29) is 0 Å². The SMILES string of the molecule is CC(C)(C)C1CCN(c2ccc(CBr)cn2)C1. The van der Waals surface area contributed by atoms with E-state index >= 15 is 0 Å². The molecular formula is C14H21BrN2. The molecule has 2 heterocycles. The van der Waals surface area contributed by atoms with Crippen LogP contribution in [-0.4, -0.2) is 18.1 Å². The van der Waals surface area contributed by atoms with Gasteiger partial charge < -0.3 is 4.90 Å². The van der Waals surface area contributed by atoms with Crippen molar-refractivity contribution in [2.75, 3.05) is 18.0 Å². The molecule has 0 aromatic carbocycles. The molecule has 0 aliphatic carbocycles. The zero-order valence-electron chi connectivity index (χ0n) is 10.9. The van der Waals surface area contributed by atoms with Gasteiger partial charge in [0.1, 0.15) is 5.82 Å². The van der Waals surface area contributed by atoms with Gasteiger partial charge in [0, 0.05) is 24.6 Å². The van der Waals surface area contributed by atoms with Crippen molar-refractivity contribution in [1.29, 1.82) is 0 Å². The number of rotatable bonds is 2. The lowest BCUT2D eigenvalue weighted by Gasteiger charge is -2.27. The highest BCUT2D eigenvalue weighted by atomic mass is 79.9. The molecule has 0 radical (unpaired) electrons. The molecular weight excluding hydrogens is 276 g/mol. The Bertz CT molecular complexity index is 367. The van der Waals surface area contributed by atoms with Crippen LogP contribution in [0.3, 0.4) is 0 Å². The first-order chi connectivity index (χ1) is 8.00. The summed E-state index contributed by atoms with van der Waals surface area (Å²) in [6.07, 6.45) is 3.25. The molecule has 1 saturated heterocycles. The molecule has 3 heteroatoms. The average molecular weight is 297 g/mol. The van der Waals surface area contributed by atoms with Crippen LogP contribution in [0.4, 0.5) is 5.82 Å². The molecule has 1 aromatic heterocycles. The highest BCUT2D eigenvalue weighted by Crippen LogP contribution is 2.35. The van der Waals surface area contributed by atoms with Crippen LogP contribution in [0.5, 0.6) is 0 Å². The zero-order valence-corrected chi connectivity index (χ0v) is 12.5. The van der Waals surface area contributed by atoms with Gasteiger partial charge in [-0.25, -0.2) is 4.98 Å². The molecule has 0 spiro atoms. The number of halogens is 1. The van der Waals surface area contributed by atoms with Gasteiger partial charge in [-0.05, 0) is 29.4 Å². The highest BCUT2D eigenvalue weighted by molar-refractivity contribution is 9.08. The Kier molecular flexibility index (Phi) is 3.76. The van der Waals surface area contributed by atoms with Crippen LogP contribution < -0.4 is 4.90 Å². The average Bonchev–Trinajstić information content (AvgIpc) is 2.78. The van der Waals surface area contributed by atoms with E-state index in [1.165, 1.54) is 12.0 Å². The van der Waals surface area contributed by atoms with Crippen LogP contribution >= 0.6 is 15.9 Å². The molecule has 0 N–H and O–H groups in total. The lowest BCUT2D eigenvalue weighted by Crippen LogP contribution is -2.26. The molecule has 1 aliphatic rings. The number of hydrogen-bond donors (Lipinski definition) is 0. The van der Waals surface area contributed by atoms with E-state index in [9.17, 15) is 0 Å². The van der Waals surface area contributed by atoms with Gasteiger partial charge in [-0.15, -0.1) is 0 Å². The predicted octanol–water partition coefficient (Wildman–Crippen LogP) is 3.85. The number of nitrogens with zero attached hydrogens (tertiary/aromatic N) is 2. The van der Waals surface area contributed by atoms with Crippen molar-refractivity contribution in [3.8, 4) is 0 Å². The zero-order chi connectivity index (χ0) is 12.5. The van der Waals surface area contributed by atoms with Gasteiger partial charge in [0.15, 0.2) is 0 Å². The molecule has 1 fully saturated rings. The van der Waals surface area contributed by atoms with Gasteiger partial charge >= 0.3 is 0 Å². The van der Waals surface area contributed by atoms with Crippen LogP contribution in [0.1, 0.15) is 32.8 Å². The van der Waals surface area contributed by atoms with Crippen molar-refractivity contribution in [2.24, 2.45) is 11.3 Å². The first-order valence-electron chi connectivity index (χ1n) is 6.26. The molecule has 0 bridgehead atoms. The van der Waals surface area contributed by atoms with Crippen molar-refractivity contribution in [1.82, 2.24) is 4.98 Å².